The fourth-order valence-corrected chi connectivity index (χ4v) is 4.35. The molecule has 0 aromatic rings. The smallest absolute Gasteiger partial charge is 0.330 e. The Morgan fingerprint density at radius 2 is 1.92 bits per heavy atom. The molecule has 0 amide bonds. The van der Waals surface area contributed by atoms with E-state index in [1.165, 1.54) is 0 Å². The molecule has 1 aliphatic heterocycles. The lowest BCUT2D eigenvalue weighted by Gasteiger charge is -2.47. The molecule has 1 saturated heterocycles. The predicted molar refractivity (Wildman–Crippen MR) is 90.6 cm³/mol. The summed E-state index contributed by atoms with van der Waals surface area (Å²) in [5.41, 5.74) is -0.0717. The first-order valence-corrected chi connectivity index (χ1v) is 9.35. The lowest BCUT2D eigenvalue weighted by molar-refractivity contribution is -0.269. The Kier molecular flexibility index (Phi) is 5.83. The minimum Gasteiger partial charge on any atom is -0.456 e. The van der Waals surface area contributed by atoms with E-state index in [1.54, 1.807) is 0 Å². The van der Waals surface area contributed by atoms with Gasteiger partial charge in [0, 0.05) is 17.4 Å². The topological polar surface area (TPSA) is 85.2 Å². The molecule has 3 fully saturated rings. The lowest BCUT2D eigenvalue weighted by Crippen LogP contribution is -2.50. The molecule has 142 valence electrons. The van der Waals surface area contributed by atoms with Gasteiger partial charge in [0.25, 0.3) is 0 Å². The molecule has 1 heterocycles. The number of hydrogen-bond acceptors (Lipinski definition) is 6. The van der Waals surface area contributed by atoms with E-state index in [-0.39, 0.29) is 23.7 Å². The van der Waals surface area contributed by atoms with Crippen molar-refractivity contribution >= 4 is 5.97 Å². The van der Waals surface area contributed by atoms with Crippen LogP contribution in [0.2, 0.25) is 0 Å². The molecule has 0 bridgehead atoms. The molecule has 6 nitrogen and oxygen atoms in total. The molecule has 25 heavy (non-hydrogen) atoms. The van der Waals surface area contributed by atoms with Gasteiger partial charge in [-0.2, -0.15) is 0 Å². The van der Waals surface area contributed by atoms with Crippen molar-refractivity contribution in [3.63, 3.8) is 0 Å². The number of carbonyl (C=O) groups is 1. The van der Waals surface area contributed by atoms with Gasteiger partial charge in [-0.1, -0.05) is 13.5 Å². The molecule has 0 aromatic heterocycles. The summed E-state index contributed by atoms with van der Waals surface area (Å²) < 4.78 is 17.2. The van der Waals surface area contributed by atoms with Gasteiger partial charge in [0.05, 0.1) is 25.4 Å². The zero-order chi connectivity index (χ0) is 18.0. The number of rotatable bonds is 3. The molecule has 2 saturated carbocycles. The highest BCUT2D eigenvalue weighted by Gasteiger charge is 2.45. The summed E-state index contributed by atoms with van der Waals surface area (Å²) >= 11 is 0. The first kappa shape index (κ1) is 18.8. The van der Waals surface area contributed by atoms with E-state index < -0.39 is 18.2 Å². The molecule has 1 spiro atoms. The zero-order valence-corrected chi connectivity index (χ0v) is 14.9. The molecular formula is C19H30O6. The van der Waals surface area contributed by atoms with Gasteiger partial charge in [-0.15, -0.1) is 0 Å². The van der Waals surface area contributed by atoms with Gasteiger partial charge in [0.15, 0.2) is 6.29 Å². The third-order valence-corrected chi connectivity index (χ3v) is 6.15. The van der Waals surface area contributed by atoms with Crippen molar-refractivity contribution in [3.8, 4) is 0 Å². The maximum Gasteiger partial charge on any atom is 0.330 e. The van der Waals surface area contributed by atoms with E-state index in [1.807, 2.05) is 0 Å². The zero-order valence-electron chi connectivity index (χ0n) is 14.9. The van der Waals surface area contributed by atoms with Crippen molar-refractivity contribution in [1.29, 1.82) is 0 Å². The van der Waals surface area contributed by atoms with Crippen LogP contribution in [0.5, 0.6) is 0 Å². The summed E-state index contributed by atoms with van der Waals surface area (Å²) in [4.78, 5) is 11.3. The van der Waals surface area contributed by atoms with Crippen LogP contribution in [0.25, 0.3) is 0 Å². The van der Waals surface area contributed by atoms with Gasteiger partial charge >= 0.3 is 5.97 Å². The maximum absolute atomic E-state index is 11.3. The fourth-order valence-electron chi connectivity index (χ4n) is 4.35. The normalized spacial score (nSPS) is 45.1. The lowest BCUT2D eigenvalue weighted by atomic mass is 9.70. The first-order valence-electron chi connectivity index (χ1n) is 9.35. The van der Waals surface area contributed by atoms with E-state index in [4.69, 9.17) is 14.2 Å². The summed E-state index contributed by atoms with van der Waals surface area (Å²) in [6, 6.07) is 0. The van der Waals surface area contributed by atoms with Crippen LogP contribution in [0, 0.1) is 17.3 Å². The second kappa shape index (κ2) is 7.74. The molecule has 5 atom stereocenters. The molecule has 0 radical (unpaired) electrons. The standard InChI is InChI=1S/C19H30O6/c1-3-17(22)25-16-5-4-13(8-14(16)20)18-23-10-19(11-24-18)7-6-12(2)15(21)9-19/h3,12-16,18,20-21H,1,4-11H2,2H3. The summed E-state index contributed by atoms with van der Waals surface area (Å²) in [6.45, 7) is 6.66. The number of carbonyl (C=O) groups excluding carboxylic acids is 1. The monoisotopic (exact) mass is 354 g/mol. The Bertz CT molecular complexity index is 484. The number of hydrogen-bond donors (Lipinski definition) is 2. The summed E-state index contributed by atoms with van der Waals surface area (Å²) in [5.74, 6) is -0.0646. The van der Waals surface area contributed by atoms with Crippen LogP contribution in [0.1, 0.15) is 45.4 Å². The van der Waals surface area contributed by atoms with Crippen molar-refractivity contribution in [1.82, 2.24) is 0 Å². The van der Waals surface area contributed by atoms with Gasteiger partial charge in [-0.3, -0.25) is 0 Å². The number of aliphatic hydroxyl groups excluding tert-OH is 2. The van der Waals surface area contributed by atoms with E-state index in [9.17, 15) is 15.0 Å². The molecule has 2 aliphatic carbocycles. The van der Waals surface area contributed by atoms with E-state index in [0.717, 1.165) is 31.8 Å². The summed E-state index contributed by atoms with van der Waals surface area (Å²) in [6.07, 6.45) is 3.93. The highest BCUT2D eigenvalue weighted by Crippen LogP contribution is 2.43. The quantitative estimate of drug-likeness (QED) is 0.594. The number of esters is 1. The summed E-state index contributed by atoms with van der Waals surface area (Å²) in [7, 11) is 0. The van der Waals surface area contributed by atoms with Crippen LogP contribution in [0.15, 0.2) is 12.7 Å². The van der Waals surface area contributed by atoms with Gasteiger partial charge in [-0.25, -0.2) is 4.79 Å². The van der Waals surface area contributed by atoms with Crippen LogP contribution in [-0.2, 0) is 19.0 Å². The molecule has 2 N–H and O–H groups in total. The largest absolute Gasteiger partial charge is 0.456 e. The average molecular weight is 354 g/mol. The maximum atomic E-state index is 11.3. The second-order valence-corrected chi connectivity index (χ2v) is 8.10. The first-order chi connectivity index (χ1) is 11.9. The minimum atomic E-state index is -0.705. The van der Waals surface area contributed by atoms with E-state index in [0.29, 0.717) is 32.0 Å². The Labute approximate surface area is 149 Å². The van der Waals surface area contributed by atoms with Crippen LogP contribution in [0.3, 0.4) is 0 Å². The third-order valence-electron chi connectivity index (χ3n) is 6.15. The van der Waals surface area contributed by atoms with Crippen LogP contribution in [-0.4, -0.2) is 54.0 Å². The van der Waals surface area contributed by atoms with Crippen molar-refractivity contribution in [2.75, 3.05) is 13.2 Å². The van der Waals surface area contributed by atoms with Crippen LogP contribution in [0.4, 0.5) is 0 Å². The van der Waals surface area contributed by atoms with Crippen LogP contribution < -0.4 is 0 Å². The SMILES string of the molecule is C=CC(=O)OC1CCC(C2OCC3(CCC(C)C(O)C3)CO2)CC1O. The summed E-state index contributed by atoms with van der Waals surface area (Å²) in [5, 5.41) is 20.4. The Morgan fingerprint density at radius 1 is 1.20 bits per heavy atom. The molecule has 3 aliphatic rings. The van der Waals surface area contributed by atoms with E-state index >= 15 is 0 Å². The van der Waals surface area contributed by atoms with Gasteiger partial charge in [-0.05, 0) is 44.4 Å². The molecule has 6 heteroatoms. The third kappa shape index (κ3) is 4.25. The van der Waals surface area contributed by atoms with Crippen molar-refractivity contribution in [3.05, 3.63) is 12.7 Å². The molecule has 5 unspecified atom stereocenters. The Balaban J connectivity index is 1.49. The second-order valence-electron chi connectivity index (χ2n) is 8.10. The number of ether oxygens (including phenoxy) is 3. The van der Waals surface area contributed by atoms with Crippen molar-refractivity contribution in [2.45, 2.75) is 70.1 Å². The van der Waals surface area contributed by atoms with Crippen molar-refractivity contribution < 1.29 is 29.2 Å². The Morgan fingerprint density at radius 3 is 2.52 bits per heavy atom. The average Bonchev–Trinajstić information content (AvgIpc) is 2.61. The van der Waals surface area contributed by atoms with Gasteiger partial charge in [0.1, 0.15) is 6.10 Å². The number of aliphatic hydroxyl groups is 2. The molecular weight excluding hydrogens is 324 g/mol. The molecule has 3 rings (SSSR count). The van der Waals surface area contributed by atoms with Crippen molar-refractivity contribution in [2.24, 2.45) is 17.3 Å². The van der Waals surface area contributed by atoms with Gasteiger partial charge < -0.3 is 24.4 Å². The molecule has 0 aromatic carbocycles. The predicted octanol–water partition coefficient (Wildman–Crippen LogP) is 1.79. The van der Waals surface area contributed by atoms with E-state index in [2.05, 4.69) is 13.5 Å². The minimum absolute atomic E-state index is 0.0717. The van der Waals surface area contributed by atoms with Gasteiger partial charge in [0.2, 0.25) is 0 Å². The highest BCUT2D eigenvalue weighted by atomic mass is 16.7. The van der Waals surface area contributed by atoms with Crippen LogP contribution >= 0.6 is 0 Å². The fraction of sp³-hybridized carbons (Fsp3) is 0.842. The Hall–Kier alpha value is -0.950. The highest BCUT2D eigenvalue weighted by molar-refractivity contribution is 5.81.